The van der Waals surface area contributed by atoms with Gasteiger partial charge in [-0.1, -0.05) is 6.07 Å². The van der Waals surface area contributed by atoms with E-state index in [9.17, 15) is 4.79 Å². The summed E-state index contributed by atoms with van der Waals surface area (Å²) in [6, 6.07) is 8.68. The number of methoxy groups -OCH3 is 1. The highest BCUT2D eigenvalue weighted by Crippen LogP contribution is 2.36. The van der Waals surface area contributed by atoms with Crippen LogP contribution < -0.4 is 14.9 Å². The second kappa shape index (κ2) is 8.28. The Morgan fingerprint density at radius 3 is 2.91 bits per heavy atom. The van der Waals surface area contributed by atoms with Crippen molar-refractivity contribution >= 4 is 28.1 Å². The number of hydrogen-bond donors (Lipinski definition) is 1. The van der Waals surface area contributed by atoms with Gasteiger partial charge in [-0.05, 0) is 52.7 Å². The lowest BCUT2D eigenvalue weighted by molar-refractivity contribution is 0.0950. The van der Waals surface area contributed by atoms with Gasteiger partial charge in [0.15, 0.2) is 11.5 Å². The Kier molecular flexibility index (Phi) is 6.10. The van der Waals surface area contributed by atoms with Crippen LogP contribution in [0.1, 0.15) is 23.0 Å². The standard InChI is InChI=1S/C16H16BrN3O3/c1-3-23-15-12(17)8-11(9-14(15)22-2)10-19-20-16(21)13-6-4-5-7-18-13/h4-10H,3H2,1-2H3,(H,20,21)/b19-10-. The second-order valence-electron chi connectivity index (χ2n) is 4.38. The molecule has 1 N–H and O–H groups in total. The van der Waals surface area contributed by atoms with Gasteiger partial charge < -0.3 is 9.47 Å². The minimum Gasteiger partial charge on any atom is -0.493 e. The van der Waals surface area contributed by atoms with Crippen molar-refractivity contribution in [2.75, 3.05) is 13.7 Å². The van der Waals surface area contributed by atoms with E-state index in [4.69, 9.17) is 9.47 Å². The number of hydrazone groups is 1. The molecule has 0 saturated carbocycles. The zero-order chi connectivity index (χ0) is 16.7. The van der Waals surface area contributed by atoms with Gasteiger partial charge >= 0.3 is 0 Å². The van der Waals surface area contributed by atoms with E-state index < -0.39 is 0 Å². The topological polar surface area (TPSA) is 72.8 Å². The van der Waals surface area contributed by atoms with E-state index >= 15 is 0 Å². The fourth-order valence-corrected chi connectivity index (χ4v) is 2.39. The predicted molar refractivity (Wildman–Crippen MR) is 91.2 cm³/mol. The molecule has 0 fully saturated rings. The molecule has 2 aromatic rings. The Morgan fingerprint density at radius 1 is 1.43 bits per heavy atom. The Labute approximate surface area is 142 Å². The molecule has 2 rings (SSSR count). The first-order valence-corrected chi connectivity index (χ1v) is 7.69. The summed E-state index contributed by atoms with van der Waals surface area (Å²) < 4.78 is 11.6. The Morgan fingerprint density at radius 2 is 2.26 bits per heavy atom. The van der Waals surface area contributed by atoms with Gasteiger partial charge in [0.25, 0.3) is 5.91 Å². The largest absolute Gasteiger partial charge is 0.493 e. The fourth-order valence-electron chi connectivity index (χ4n) is 1.82. The van der Waals surface area contributed by atoms with Crippen LogP contribution in [0.25, 0.3) is 0 Å². The molecular weight excluding hydrogens is 362 g/mol. The molecule has 120 valence electrons. The number of amides is 1. The molecule has 7 heteroatoms. The molecule has 1 heterocycles. The second-order valence-corrected chi connectivity index (χ2v) is 5.24. The molecule has 0 radical (unpaired) electrons. The molecule has 0 spiro atoms. The van der Waals surface area contributed by atoms with E-state index in [1.165, 1.54) is 6.21 Å². The Hall–Kier alpha value is -2.41. The number of carbonyl (C=O) groups excluding carboxylic acids is 1. The molecule has 0 bridgehead atoms. The van der Waals surface area contributed by atoms with Crippen molar-refractivity contribution in [3.05, 3.63) is 52.3 Å². The van der Waals surface area contributed by atoms with Crippen molar-refractivity contribution in [3.63, 3.8) is 0 Å². The molecule has 1 amide bonds. The van der Waals surface area contributed by atoms with Crippen molar-refractivity contribution in [2.45, 2.75) is 6.92 Å². The number of carbonyl (C=O) groups is 1. The lowest BCUT2D eigenvalue weighted by Crippen LogP contribution is -2.18. The number of ether oxygens (including phenoxy) is 2. The van der Waals surface area contributed by atoms with Crippen LogP contribution in [-0.4, -0.2) is 30.8 Å². The fraction of sp³-hybridized carbons (Fsp3) is 0.188. The maximum absolute atomic E-state index is 11.8. The molecule has 23 heavy (non-hydrogen) atoms. The normalized spacial score (nSPS) is 10.6. The highest BCUT2D eigenvalue weighted by molar-refractivity contribution is 9.10. The molecule has 0 aliphatic rings. The molecule has 0 atom stereocenters. The number of pyridine rings is 1. The maximum atomic E-state index is 11.8. The van der Waals surface area contributed by atoms with E-state index in [2.05, 4.69) is 31.4 Å². The lowest BCUT2D eigenvalue weighted by Gasteiger charge is -2.11. The number of nitrogens with zero attached hydrogens (tertiary/aromatic N) is 2. The monoisotopic (exact) mass is 377 g/mol. The van der Waals surface area contributed by atoms with Crippen LogP contribution in [-0.2, 0) is 0 Å². The van der Waals surface area contributed by atoms with E-state index in [1.54, 1.807) is 37.6 Å². The van der Waals surface area contributed by atoms with Crippen LogP contribution in [0.15, 0.2) is 46.1 Å². The zero-order valence-electron chi connectivity index (χ0n) is 12.7. The summed E-state index contributed by atoms with van der Waals surface area (Å²) in [4.78, 5) is 15.8. The van der Waals surface area contributed by atoms with Crippen LogP contribution in [0.5, 0.6) is 11.5 Å². The SMILES string of the molecule is CCOc1c(Br)cc(/C=N\NC(=O)c2ccccn2)cc1OC. The average molecular weight is 378 g/mol. The van der Waals surface area contributed by atoms with Crippen LogP contribution in [0.2, 0.25) is 0 Å². The maximum Gasteiger partial charge on any atom is 0.289 e. The minimum atomic E-state index is -0.376. The highest BCUT2D eigenvalue weighted by Gasteiger charge is 2.10. The van der Waals surface area contributed by atoms with Crippen LogP contribution in [0.3, 0.4) is 0 Å². The van der Waals surface area contributed by atoms with Crippen molar-refractivity contribution in [1.82, 2.24) is 10.4 Å². The number of hydrogen-bond acceptors (Lipinski definition) is 5. The van der Waals surface area contributed by atoms with Gasteiger partial charge in [0, 0.05) is 6.20 Å². The third kappa shape index (κ3) is 4.53. The van der Waals surface area contributed by atoms with E-state index in [0.717, 1.165) is 10.0 Å². The quantitative estimate of drug-likeness (QED) is 0.620. The van der Waals surface area contributed by atoms with Gasteiger partial charge in [-0.2, -0.15) is 5.10 Å². The van der Waals surface area contributed by atoms with Crippen LogP contribution >= 0.6 is 15.9 Å². The molecule has 1 aromatic carbocycles. The Balaban J connectivity index is 2.11. The third-order valence-corrected chi connectivity index (χ3v) is 3.41. The van der Waals surface area contributed by atoms with E-state index in [1.807, 2.05) is 13.0 Å². The first-order chi connectivity index (χ1) is 11.2. The summed E-state index contributed by atoms with van der Waals surface area (Å²) in [6.45, 7) is 2.43. The van der Waals surface area contributed by atoms with E-state index in [0.29, 0.717) is 23.8 Å². The third-order valence-electron chi connectivity index (χ3n) is 2.82. The van der Waals surface area contributed by atoms with Gasteiger partial charge in [0.1, 0.15) is 5.69 Å². The summed E-state index contributed by atoms with van der Waals surface area (Å²) in [6.07, 6.45) is 3.07. The van der Waals surface area contributed by atoms with Gasteiger partial charge in [-0.3, -0.25) is 9.78 Å². The number of nitrogens with one attached hydrogen (secondary N) is 1. The molecule has 0 unspecified atom stereocenters. The number of aromatic nitrogens is 1. The van der Waals surface area contributed by atoms with E-state index in [-0.39, 0.29) is 5.91 Å². The van der Waals surface area contributed by atoms with Crippen LogP contribution in [0, 0.1) is 0 Å². The average Bonchev–Trinajstić information content (AvgIpc) is 2.57. The summed E-state index contributed by atoms with van der Waals surface area (Å²) >= 11 is 3.43. The van der Waals surface area contributed by atoms with Crippen molar-refractivity contribution < 1.29 is 14.3 Å². The van der Waals surface area contributed by atoms with Crippen LogP contribution in [0.4, 0.5) is 0 Å². The summed E-state index contributed by atoms with van der Waals surface area (Å²) in [5.74, 6) is 0.835. The number of rotatable bonds is 6. The van der Waals surface area contributed by atoms with Crippen molar-refractivity contribution in [2.24, 2.45) is 5.10 Å². The predicted octanol–water partition coefficient (Wildman–Crippen LogP) is 3.02. The van der Waals surface area contributed by atoms with Gasteiger partial charge in [-0.25, -0.2) is 5.43 Å². The number of benzene rings is 1. The lowest BCUT2D eigenvalue weighted by atomic mass is 10.2. The molecule has 0 aliphatic heterocycles. The van der Waals surface area contributed by atoms with Crippen molar-refractivity contribution in [1.29, 1.82) is 0 Å². The molecule has 0 aliphatic carbocycles. The number of halogens is 1. The molecule has 1 aromatic heterocycles. The highest BCUT2D eigenvalue weighted by atomic mass is 79.9. The first kappa shape index (κ1) is 17.0. The smallest absolute Gasteiger partial charge is 0.289 e. The molecular formula is C16H16BrN3O3. The molecule has 6 nitrogen and oxygen atoms in total. The molecule has 0 saturated heterocycles. The van der Waals surface area contributed by atoms with Gasteiger partial charge in [0.05, 0.1) is 24.4 Å². The van der Waals surface area contributed by atoms with Crippen molar-refractivity contribution in [3.8, 4) is 11.5 Å². The zero-order valence-corrected chi connectivity index (χ0v) is 14.3. The van der Waals surface area contributed by atoms with Gasteiger partial charge in [0.2, 0.25) is 0 Å². The summed E-state index contributed by atoms with van der Waals surface area (Å²) in [5.41, 5.74) is 3.47. The summed E-state index contributed by atoms with van der Waals surface area (Å²) in [7, 11) is 1.56. The minimum absolute atomic E-state index is 0.301. The van der Waals surface area contributed by atoms with Gasteiger partial charge in [-0.15, -0.1) is 0 Å². The Bertz CT molecular complexity index is 705. The summed E-state index contributed by atoms with van der Waals surface area (Å²) in [5, 5.41) is 3.93. The first-order valence-electron chi connectivity index (χ1n) is 6.90.